The van der Waals surface area contributed by atoms with Crippen LogP contribution in [0.15, 0.2) is 36.5 Å². The van der Waals surface area contributed by atoms with Crippen LogP contribution in [0.5, 0.6) is 5.75 Å². The van der Waals surface area contributed by atoms with Gasteiger partial charge >= 0.3 is 5.97 Å². The van der Waals surface area contributed by atoms with Gasteiger partial charge in [0.1, 0.15) is 5.75 Å². The Bertz CT molecular complexity index is 607. The van der Waals surface area contributed by atoms with Crippen molar-refractivity contribution in [2.24, 2.45) is 0 Å². The number of hydrogen-bond donors (Lipinski definition) is 0. The minimum absolute atomic E-state index is 0.301. The molecule has 0 aliphatic heterocycles. The van der Waals surface area contributed by atoms with E-state index in [0.717, 1.165) is 17.0 Å². The first-order valence-electron chi connectivity index (χ1n) is 7.17. The lowest BCUT2D eigenvalue weighted by molar-refractivity contribution is -0.164. The molecule has 0 fully saturated rings. The maximum atomic E-state index is 11.9. The Hall–Kier alpha value is -2.34. The van der Waals surface area contributed by atoms with Crippen LogP contribution in [0, 0.1) is 0 Å². The zero-order valence-electron chi connectivity index (χ0n) is 13.0. The molecule has 1 aromatic heterocycles. The number of esters is 1. The molecule has 0 saturated carbocycles. The summed E-state index contributed by atoms with van der Waals surface area (Å²) in [6.07, 6.45) is 0.841. The van der Waals surface area contributed by atoms with Crippen LogP contribution < -0.4 is 4.74 Å². The molecule has 0 amide bonds. The number of aromatic nitrogens is 2. The Morgan fingerprint density at radius 2 is 1.91 bits per heavy atom. The van der Waals surface area contributed by atoms with Gasteiger partial charge in [0.25, 0.3) is 0 Å². The molecule has 1 unspecified atom stereocenters. The fourth-order valence-corrected chi connectivity index (χ4v) is 2.01. The largest absolute Gasteiger partial charge is 0.497 e. The number of hydrogen-bond acceptors (Lipinski definition) is 5. The quantitative estimate of drug-likeness (QED) is 0.736. The van der Waals surface area contributed by atoms with Crippen LogP contribution in [-0.4, -0.2) is 36.1 Å². The van der Waals surface area contributed by atoms with E-state index in [1.165, 1.54) is 4.68 Å². The maximum absolute atomic E-state index is 11.9. The summed E-state index contributed by atoms with van der Waals surface area (Å²) in [6, 6.07) is 9.36. The van der Waals surface area contributed by atoms with Crippen molar-refractivity contribution in [3.8, 4) is 17.0 Å². The summed E-state index contributed by atoms with van der Waals surface area (Å²) in [5.41, 5.74) is 1.68. The Kier molecular flexibility index (Phi) is 5.55. The van der Waals surface area contributed by atoms with Gasteiger partial charge in [0.15, 0.2) is 0 Å². The third-order valence-electron chi connectivity index (χ3n) is 3.05. The molecule has 118 valence electrons. The van der Waals surface area contributed by atoms with E-state index in [-0.39, 0.29) is 0 Å². The molecule has 2 rings (SSSR count). The normalized spacial score (nSPS) is 12.0. The zero-order valence-corrected chi connectivity index (χ0v) is 13.0. The van der Waals surface area contributed by atoms with Crippen molar-refractivity contribution < 1.29 is 19.0 Å². The van der Waals surface area contributed by atoms with Gasteiger partial charge in [-0.2, -0.15) is 5.10 Å². The van der Waals surface area contributed by atoms with Crippen molar-refractivity contribution in [2.45, 2.75) is 20.1 Å². The van der Waals surface area contributed by atoms with Crippen molar-refractivity contribution in [3.63, 3.8) is 0 Å². The maximum Gasteiger partial charge on any atom is 0.358 e. The van der Waals surface area contributed by atoms with Crippen LogP contribution in [0.25, 0.3) is 11.3 Å². The fraction of sp³-hybridized carbons (Fsp3) is 0.375. The molecule has 6 heteroatoms. The average Bonchev–Trinajstić information content (AvgIpc) is 3.02. The molecule has 1 heterocycles. The molecule has 0 aliphatic carbocycles. The lowest BCUT2D eigenvalue weighted by atomic mass is 10.1. The molecule has 1 aromatic carbocycles. The lowest BCUT2D eigenvalue weighted by Crippen LogP contribution is -2.25. The van der Waals surface area contributed by atoms with Crippen LogP contribution in [0.2, 0.25) is 0 Å². The summed E-state index contributed by atoms with van der Waals surface area (Å²) >= 11 is 0. The topological polar surface area (TPSA) is 62.6 Å². The number of ether oxygens (including phenoxy) is 3. The molecule has 0 radical (unpaired) electrons. The van der Waals surface area contributed by atoms with Crippen LogP contribution in [0.1, 0.15) is 20.1 Å². The molecule has 2 aromatic rings. The Balaban J connectivity index is 2.22. The highest BCUT2D eigenvalue weighted by molar-refractivity contribution is 5.72. The second kappa shape index (κ2) is 7.61. The fourth-order valence-electron chi connectivity index (χ4n) is 2.01. The Labute approximate surface area is 129 Å². The Morgan fingerprint density at radius 3 is 2.50 bits per heavy atom. The van der Waals surface area contributed by atoms with E-state index in [9.17, 15) is 4.79 Å². The summed E-state index contributed by atoms with van der Waals surface area (Å²) in [5.74, 6) is 0.329. The number of carbonyl (C=O) groups excluding carboxylic acids is 1. The molecule has 0 spiro atoms. The van der Waals surface area contributed by atoms with E-state index in [1.807, 2.05) is 37.3 Å². The molecule has 0 aliphatic rings. The lowest BCUT2D eigenvalue weighted by Gasteiger charge is -2.15. The van der Waals surface area contributed by atoms with E-state index >= 15 is 0 Å². The minimum Gasteiger partial charge on any atom is -0.497 e. The molecular formula is C16H20N2O4. The smallest absolute Gasteiger partial charge is 0.358 e. The van der Waals surface area contributed by atoms with E-state index in [2.05, 4.69) is 5.10 Å². The monoisotopic (exact) mass is 304 g/mol. The predicted molar refractivity (Wildman–Crippen MR) is 81.5 cm³/mol. The van der Waals surface area contributed by atoms with Gasteiger partial charge in [0.05, 0.1) is 19.4 Å². The summed E-state index contributed by atoms with van der Waals surface area (Å²) in [7, 11) is 1.62. The van der Waals surface area contributed by atoms with E-state index in [4.69, 9.17) is 14.2 Å². The second-order valence-electron chi connectivity index (χ2n) is 4.47. The van der Waals surface area contributed by atoms with Gasteiger partial charge < -0.3 is 14.2 Å². The van der Waals surface area contributed by atoms with E-state index in [1.54, 1.807) is 20.2 Å². The van der Waals surface area contributed by atoms with Crippen LogP contribution in [0.3, 0.4) is 0 Å². The van der Waals surface area contributed by atoms with E-state index in [0.29, 0.717) is 13.2 Å². The zero-order chi connectivity index (χ0) is 15.9. The van der Waals surface area contributed by atoms with Crippen molar-refractivity contribution >= 4 is 5.97 Å². The van der Waals surface area contributed by atoms with Crippen LogP contribution >= 0.6 is 0 Å². The molecular weight excluding hydrogens is 284 g/mol. The van der Waals surface area contributed by atoms with Gasteiger partial charge in [-0.25, -0.2) is 9.48 Å². The van der Waals surface area contributed by atoms with Crippen LogP contribution in [0.4, 0.5) is 0 Å². The summed E-state index contributed by atoms with van der Waals surface area (Å²) in [5, 5.41) is 4.41. The molecule has 6 nitrogen and oxygen atoms in total. The number of nitrogens with zero attached hydrogens (tertiary/aromatic N) is 2. The molecule has 22 heavy (non-hydrogen) atoms. The SMILES string of the molecule is CCOC(=O)C(OCC)n1ccc(-c2ccc(OC)cc2)n1. The summed E-state index contributed by atoms with van der Waals surface area (Å²) < 4.78 is 17.1. The highest BCUT2D eigenvalue weighted by Crippen LogP contribution is 2.22. The highest BCUT2D eigenvalue weighted by Gasteiger charge is 2.23. The van der Waals surface area contributed by atoms with Gasteiger partial charge in [-0.1, -0.05) is 0 Å². The minimum atomic E-state index is -0.864. The summed E-state index contributed by atoms with van der Waals surface area (Å²) in [6.45, 7) is 4.27. The first-order chi connectivity index (χ1) is 10.7. The number of carbonyl (C=O) groups is 1. The third kappa shape index (κ3) is 3.65. The van der Waals surface area contributed by atoms with Gasteiger partial charge in [-0.05, 0) is 44.2 Å². The third-order valence-corrected chi connectivity index (χ3v) is 3.05. The Morgan fingerprint density at radius 1 is 1.18 bits per heavy atom. The second-order valence-corrected chi connectivity index (χ2v) is 4.47. The standard InChI is InChI=1S/C16H20N2O4/c1-4-21-15(16(19)22-5-2)18-11-10-14(17-18)12-6-8-13(20-3)9-7-12/h6-11,15H,4-5H2,1-3H3. The van der Waals surface area contributed by atoms with Crippen molar-refractivity contribution in [1.82, 2.24) is 9.78 Å². The first-order valence-corrected chi connectivity index (χ1v) is 7.17. The summed E-state index contributed by atoms with van der Waals surface area (Å²) in [4.78, 5) is 11.9. The number of methoxy groups -OCH3 is 1. The van der Waals surface area contributed by atoms with Gasteiger partial charge in [0, 0.05) is 18.4 Å². The van der Waals surface area contributed by atoms with E-state index < -0.39 is 12.2 Å². The van der Waals surface area contributed by atoms with Crippen molar-refractivity contribution in [3.05, 3.63) is 36.5 Å². The predicted octanol–water partition coefficient (Wildman–Crippen LogP) is 2.66. The van der Waals surface area contributed by atoms with Gasteiger partial charge in [-0.3, -0.25) is 0 Å². The number of benzene rings is 1. The first kappa shape index (κ1) is 16.0. The number of rotatable bonds is 7. The molecule has 0 bridgehead atoms. The van der Waals surface area contributed by atoms with Gasteiger partial charge in [0.2, 0.25) is 6.23 Å². The highest BCUT2D eigenvalue weighted by atomic mass is 16.6. The molecule has 1 atom stereocenters. The van der Waals surface area contributed by atoms with Gasteiger partial charge in [-0.15, -0.1) is 0 Å². The molecule has 0 N–H and O–H groups in total. The average molecular weight is 304 g/mol. The van der Waals surface area contributed by atoms with Crippen molar-refractivity contribution in [1.29, 1.82) is 0 Å². The van der Waals surface area contributed by atoms with Crippen molar-refractivity contribution in [2.75, 3.05) is 20.3 Å². The molecule has 0 saturated heterocycles. The van der Waals surface area contributed by atoms with Crippen LogP contribution in [-0.2, 0) is 14.3 Å².